The average Bonchev–Trinajstić information content (AvgIpc) is 2.79. The molecule has 1 aliphatic heterocycles. The van der Waals surface area contributed by atoms with E-state index in [0.29, 0.717) is 10.6 Å². The van der Waals surface area contributed by atoms with E-state index in [0.717, 1.165) is 18.9 Å². The topological polar surface area (TPSA) is 29.0 Å². The van der Waals surface area contributed by atoms with E-state index in [1.165, 1.54) is 38.5 Å². The first-order valence-corrected chi connectivity index (χ1v) is 6.88. The molecule has 2 fully saturated rings. The lowest BCUT2D eigenvalue weighted by molar-refractivity contribution is 0.226. The highest BCUT2D eigenvalue weighted by molar-refractivity contribution is 6.29. The van der Waals surface area contributed by atoms with Gasteiger partial charge in [0.05, 0.1) is 0 Å². The summed E-state index contributed by atoms with van der Waals surface area (Å²) in [5.41, 5.74) is 0.660. The van der Waals surface area contributed by atoms with Gasteiger partial charge in [0, 0.05) is 19.2 Å². The van der Waals surface area contributed by atoms with Crippen LogP contribution >= 0.6 is 11.6 Å². The van der Waals surface area contributed by atoms with Crippen molar-refractivity contribution in [3.63, 3.8) is 0 Å². The quantitative estimate of drug-likeness (QED) is 0.718. The number of piperidine rings is 1. The Morgan fingerprint density at radius 2 is 1.76 bits per heavy atom. The second-order valence-electron chi connectivity index (χ2n) is 5.39. The second-order valence-corrected chi connectivity index (χ2v) is 5.78. The molecule has 4 heteroatoms. The summed E-state index contributed by atoms with van der Waals surface area (Å²) >= 11 is 5.91. The fourth-order valence-electron chi connectivity index (χ4n) is 3.33. The minimum Gasteiger partial charge on any atom is -0.356 e. The summed E-state index contributed by atoms with van der Waals surface area (Å²) in [5.74, 6) is 0.984. The third-order valence-electron chi connectivity index (χ3n) is 4.43. The zero-order valence-electron chi connectivity index (χ0n) is 10.0. The van der Waals surface area contributed by atoms with Gasteiger partial charge in [-0.3, -0.25) is 0 Å². The van der Waals surface area contributed by atoms with Crippen LogP contribution in [-0.4, -0.2) is 23.1 Å². The van der Waals surface area contributed by atoms with Crippen molar-refractivity contribution in [3.05, 3.63) is 17.5 Å². The van der Waals surface area contributed by atoms with E-state index in [-0.39, 0.29) is 0 Å². The van der Waals surface area contributed by atoms with Crippen LogP contribution in [0.4, 0.5) is 5.82 Å². The molecular formula is C13H18ClN3. The van der Waals surface area contributed by atoms with Crippen LogP contribution in [0, 0.1) is 5.41 Å². The zero-order chi connectivity index (χ0) is 11.7. The summed E-state index contributed by atoms with van der Waals surface area (Å²) < 4.78 is 0. The molecule has 92 valence electrons. The van der Waals surface area contributed by atoms with Crippen molar-refractivity contribution in [1.82, 2.24) is 9.97 Å². The average molecular weight is 252 g/mol. The van der Waals surface area contributed by atoms with Crippen LogP contribution in [0.2, 0.25) is 5.15 Å². The van der Waals surface area contributed by atoms with Gasteiger partial charge in [0.2, 0.25) is 0 Å². The molecule has 0 bridgehead atoms. The Morgan fingerprint density at radius 1 is 1.06 bits per heavy atom. The summed E-state index contributed by atoms with van der Waals surface area (Å²) in [6, 6.07) is 1.87. The minimum atomic E-state index is 0.538. The normalized spacial score (nSPS) is 23.2. The standard InChI is InChI=1S/C13H18ClN3/c14-11-9-12(16-10-15-11)17-7-5-13(6-8-17)3-1-2-4-13/h9-10H,1-8H2. The van der Waals surface area contributed by atoms with Gasteiger partial charge in [0.15, 0.2) is 0 Å². The Hall–Kier alpha value is -0.830. The molecule has 0 unspecified atom stereocenters. The van der Waals surface area contributed by atoms with Crippen molar-refractivity contribution in [2.75, 3.05) is 18.0 Å². The van der Waals surface area contributed by atoms with E-state index in [4.69, 9.17) is 11.6 Å². The van der Waals surface area contributed by atoms with Gasteiger partial charge in [-0.15, -0.1) is 0 Å². The summed E-state index contributed by atoms with van der Waals surface area (Å²) in [6.07, 6.45) is 9.91. The van der Waals surface area contributed by atoms with Gasteiger partial charge in [-0.05, 0) is 31.1 Å². The molecule has 3 nitrogen and oxygen atoms in total. The summed E-state index contributed by atoms with van der Waals surface area (Å²) in [4.78, 5) is 10.6. The monoisotopic (exact) mass is 251 g/mol. The number of rotatable bonds is 1. The first kappa shape index (κ1) is 11.3. The van der Waals surface area contributed by atoms with Crippen molar-refractivity contribution in [1.29, 1.82) is 0 Å². The van der Waals surface area contributed by atoms with Crippen molar-refractivity contribution < 1.29 is 0 Å². The van der Waals surface area contributed by atoms with Crippen molar-refractivity contribution in [2.24, 2.45) is 5.41 Å². The van der Waals surface area contributed by atoms with Crippen molar-refractivity contribution in [2.45, 2.75) is 38.5 Å². The summed E-state index contributed by atoms with van der Waals surface area (Å²) in [5, 5.41) is 0.538. The molecule has 1 saturated heterocycles. The maximum Gasteiger partial charge on any atom is 0.134 e. The highest BCUT2D eigenvalue weighted by atomic mass is 35.5. The fourth-order valence-corrected chi connectivity index (χ4v) is 3.47. The molecule has 0 aromatic carbocycles. The molecule has 0 radical (unpaired) electrons. The molecule has 1 aromatic heterocycles. The van der Waals surface area contributed by atoms with E-state index >= 15 is 0 Å². The van der Waals surface area contributed by atoms with Crippen molar-refractivity contribution >= 4 is 17.4 Å². The van der Waals surface area contributed by atoms with Crippen LogP contribution in [-0.2, 0) is 0 Å². The van der Waals surface area contributed by atoms with E-state index in [1.54, 1.807) is 6.33 Å². The highest BCUT2D eigenvalue weighted by Crippen LogP contribution is 2.46. The first-order valence-electron chi connectivity index (χ1n) is 6.50. The number of hydrogen-bond acceptors (Lipinski definition) is 3. The van der Waals surface area contributed by atoms with Gasteiger partial charge in [-0.2, -0.15) is 0 Å². The molecule has 2 heterocycles. The van der Waals surface area contributed by atoms with E-state index in [2.05, 4.69) is 14.9 Å². The Labute approximate surface area is 107 Å². The van der Waals surface area contributed by atoms with Gasteiger partial charge in [0.25, 0.3) is 0 Å². The van der Waals surface area contributed by atoms with Crippen LogP contribution in [0.25, 0.3) is 0 Å². The molecular weight excluding hydrogens is 234 g/mol. The number of hydrogen-bond donors (Lipinski definition) is 0. The predicted molar refractivity (Wildman–Crippen MR) is 69.4 cm³/mol. The van der Waals surface area contributed by atoms with Gasteiger partial charge in [-0.1, -0.05) is 24.4 Å². The maximum atomic E-state index is 5.91. The Bertz CT molecular complexity index is 391. The molecule has 2 aliphatic rings. The number of nitrogens with zero attached hydrogens (tertiary/aromatic N) is 3. The second kappa shape index (κ2) is 4.45. The Kier molecular flexibility index (Phi) is 2.95. The molecule has 1 aromatic rings. The molecule has 0 atom stereocenters. The van der Waals surface area contributed by atoms with Crippen LogP contribution in [0.3, 0.4) is 0 Å². The van der Waals surface area contributed by atoms with Gasteiger partial charge in [0.1, 0.15) is 17.3 Å². The van der Waals surface area contributed by atoms with Crippen LogP contribution in [0.1, 0.15) is 38.5 Å². The number of aromatic nitrogens is 2. The SMILES string of the molecule is Clc1cc(N2CCC3(CCCC3)CC2)ncn1. The molecule has 1 spiro atoms. The third kappa shape index (κ3) is 2.25. The van der Waals surface area contributed by atoms with Crippen LogP contribution in [0.15, 0.2) is 12.4 Å². The molecule has 1 saturated carbocycles. The lowest BCUT2D eigenvalue weighted by atomic mass is 9.77. The molecule has 17 heavy (non-hydrogen) atoms. The maximum absolute atomic E-state index is 5.91. The zero-order valence-corrected chi connectivity index (χ0v) is 10.8. The van der Waals surface area contributed by atoms with Gasteiger partial charge < -0.3 is 4.90 Å². The summed E-state index contributed by atoms with van der Waals surface area (Å²) in [6.45, 7) is 2.24. The van der Waals surface area contributed by atoms with Gasteiger partial charge >= 0.3 is 0 Å². The fraction of sp³-hybridized carbons (Fsp3) is 0.692. The Morgan fingerprint density at radius 3 is 2.41 bits per heavy atom. The largest absolute Gasteiger partial charge is 0.356 e. The number of anilines is 1. The lowest BCUT2D eigenvalue weighted by Crippen LogP contribution is -2.39. The molecule has 0 amide bonds. The highest BCUT2D eigenvalue weighted by Gasteiger charge is 2.37. The summed E-state index contributed by atoms with van der Waals surface area (Å²) in [7, 11) is 0. The van der Waals surface area contributed by atoms with Gasteiger partial charge in [-0.25, -0.2) is 9.97 Å². The smallest absolute Gasteiger partial charge is 0.134 e. The molecule has 0 N–H and O–H groups in total. The number of halogens is 1. The molecule has 3 rings (SSSR count). The van der Waals surface area contributed by atoms with Crippen molar-refractivity contribution in [3.8, 4) is 0 Å². The minimum absolute atomic E-state index is 0.538. The van der Waals surface area contributed by atoms with Crippen LogP contribution in [0.5, 0.6) is 0 Å². The third-order valence-corrected chi connectivity index (χ3v) is 4.64. The van der Waals surface area contributed by atoms with Crippen LogP contribution < -0.4 is 4.90 Å². The first-order chi connectivity index (χ1) is 8.27. The molecule has 1 aliphatic carbocycles. The lowest BCUT2D eigenvalue weighted by Gasteiger charge is -2.39. The van der Waals surface area contributed by atoms with E-state index < -0.39 is 0 Å². The van der Waals surface area contributed by atoms with E-state index in [9.17, 15) is 0 Å². The van der Waals surface area contributed by atoms with E-state index in [1.807, 2.05) is 6.07 Å². The Balaban J connectivity index is 1.68. The predicted octanol–water partition coefficient (Wildman–Crippen LogP) is 3.29.